The van der Waals surface area contributed by atoms with Crippen LogP contribution >= 0.6 is 11.8 Å². The number of hydrogen-bond donors (Lipinski definition) is 0. The molecule has 0 saturated carbocycles. The molecular formula is C13H16O2S. The van der Waals surface area contributed by atoms with Crippen LogP contribution in [0.1, 0.15) is 12.8 Å². The molecule has 3 heteroatoms. The second kappa shape index (κ2) is 6.06. The highest BCUT2D eigenvalue weighted by Crippen LogP contribution is 2.21. The van der Waals surface area contributed by atoms with Crippen LogP contribution in [0.15, 0.2) is 35.2 Å². The van der Waals surface area contributed by atoms with Gasteiger partial charge >= 0.3 is 0 Å². The average molecular weight is 236 g/mol. The fourth-order valence-corrected chi connectivity index (χ4v) is 2.68. The highest BCUT2D eigenvalue weighted by molar-refractivity contribution is 8.00. The minimum absolute atomic E-state index is 0.130. The Morgan fingerprint density at radius 2 is 2.19 bits per heavy atom. The summed E-state index contributed by atoms with van der Waals surface area (Å²) in [5.41, 5.74) is 0. The van der Waals surface area contributed by atoms with E-state index in [2.05, 4.69) is 0 Å². The Morgan fingerprint density at radius 1 is 1.38 bits per heavy atom. The van der Waals surface area contributed by atoms with Gasteiger partial charge in [-0.15, -0.1) is 11.8 Å². The van der Waals surface area contributed by atoms with Crippen molar-refractivity contribution in [1.82, 2.24) is 0 Å². The van der Waals surface area contributed by atoms with E-state index < -0.39 is 0 Å². The monoisotopic (exact) mass is 236 g/mol. The summed E-state index contributed by atoms with van der Waals surface area (Å²) < 4.78 is 5.33. The largest absolute Gasteiger partial charge is 0.381 e. The van der Waals surface area contributed by atoms with E-state index in [0.29, 0.717) is 18.1 Å². The molecule has 0 N–H and O–H groups in total. The van der Waals surface area contributed by atoms with Gasteiger partial charge in [-0.3, -0.25) is 4.79 Å². The summed E-state index contributed by atoms with van der Waals surface area (Å²) in [4.78, 5) is 13.0. The predicted molar refractivity (Wildman–Crippen MR) is 65.7 cm³/mol. The Bertz CT molecular complexity index is 331. The molecule has 0 aromatic heterocycles. The molecule has 2 rings (SSSR count). The van der Waals surface area contributed by atoms with Gasteiger partial charge in [0.2, 0.25) is 0 Å². The Kier molecular flexibility index (Phi) is 4.43. The van der Waals surface area contributed by atoms with E-state index in [1.54, 1.807) is 11.8 Å². The zero-order chi connectivity index (χ0) is 11.2. The van der Waals surface area contributed by atoms with Gasteiger partial charge in [-0.05, 0) is 25.0 Å². The first-order valence-corrected chi connectivity index (χ1v) is 6.63. The minimum atomic E-state index is 0.130. The zero-order valence-corrected chi connectivity index (χ0v) is 10.0. The van der Waals surface area contributed by atoms with Gasteiger partial charge in [0.25, 0.3) is 0 Å². The number of carbonyl (C=O) groups excluding carboxylic acids is 1. The van der Waals surface area contributed by atoms with Crippen LogP contribution in [0.4, 0.5) is 0 Å². The molecule has 2 nitrogen and oxygen atoms in total. The van der Waals surface area contributed by atoms with Crippen LogP contribution in [-0.2, 0) is 9.53 Å². The standard InChI is InChI=1S/C13H16O2S/c14-13(11-5-4-8-15-9-11)10-16-12-6-2-1-3-7-12/h1-3,6-7,11H,4-5,8-10H2. The van der Waals surface area contributed by atoms with Gasteiger partial charge in [-0.1, -0.05) is 18.2 Å². The summed E-state index contributed by atoms with van der Waals surface area (Å²) >= 11 is 1.62. The lowest BCUT2D eigenvalue weighted by atomic mass is 9.99. The lowest BCUT2D eigenvalue weighted by Crippen LogP contribution is -2.26. The molecule has 0 aliphatic carbocycles. The van der Waals surface area contributed by atoms with E-state index in [1.807, 2.05) is 30.3 Å². The number of Topliss-reactive ketones (excluding diaryl/α,β-unsaturated/α-hetero) is 1. The third-order valence-electron chi connectivity index (χ3n) is 2.74. The van der Waals surface area contributed by atoms with Crippen molar-refractivity contribution in [2.75, 3.05) is 19.0 Å². The van der Waals surface area contributed by atoms with Crippen molar-refractivity contribution in [2.24, 2.45) is 5.92 Å². The van der Waals surface area contributed by atoms with Gasteiger partial charge in [0.05, 0.1) is 12.4 Å². The van der Waals surface area contributed by atoms with Gasteiger partial charge in [0, 0.05) is 17.4 Å². The molecule has 16 heavy (non-hydrogen) atoms. The Hall–Kier alpha value is -0.800. The second-order valence-corrected chi connectivity index (χ2v) is 5.03. The molecule has 0 amide bonds. The third-order valence-corrected chi connectivity index (χ3v) is 3.77. The Labute approximate surface area is 100 Å². The molecule has 1 unspecified atom stereocenters. The summed E-state index contributed by atoms with van der Waals surface area (Å²) in [6.45, 7) is 1.43. The maximum atomic E-state index is 11.9. The SMILES string of the molecule is O=C(CSc1ccccc1)C1CCCOC1. The molecule has 1 aromatic rings. The molecule has 0 spiro atoms. The number of benzene rings is 1. The van der Waals surface area contributed by atoms with Gasteiger partial charge in [0.1, 0.15) is 5.78 Å². The lowest BCUT2D eigenvalue weighted by Gasteiger charge is -2.20. The Morgan fingerprint density at radius 3 is 2.88 bits per heavy atom. The van der Waals surface area contributed by atoms with Crippen LogP contribution in [0, 0.1) is 5.92 Å². The maximum Gasteiger partial charge on any atom is 0.148 e. The highest BCUT2D eigenvalue weighted by Gasteiger charge is 2.21. The molecule has 1 aliphatic heterocycles. The predicted octanol–water partition coefficient (Wildman–Crippen LogP) is 2.77. The average Bonchev–Trinajstić information content (AvgIpc) is 2.38. The van der Waals surface area contributed by atoms with E-state index in [-0.39, 0.29) is 5.92 Å². The van der Waals surface area contributed by atoms with E-state index in [4.69, 9.17) is 4.74 Å². The van der Waals surface area contributed by atoms with Crippen molar-refractivity contribution in [1.29, 1.82) is 0 Å². The van der Waals surface area contributed by atoms with Crippen LogP contribution in [0.3, 0.4) is 0 Å². The van der Waals surface area contributed by atoms with Crippen molar-refractivity contribution in [2.45, 2.75) is 17.7 Å². The summed E-state index contributed by atoms with van der Waals surface area (Å²) in [6.07, 6.45) is 2.01. The molecule has 1 heterocycles. The van der Waals surface area contributed by atoms with E-state index >= 15 is 0 Å². The minimum Gasteiger partial charge on any atom is -0.381 e. The quantitative estimate of drug-likeness (QED) is 0.752. The molecular weight excluding hydrogens is 220 g/mol. The van der Waals surface area contributed by atoms with Crippen molar-refractivity contribution in [3.63, 3.8) is 0 Å². The molecule has 1 saturated heterocycles. The molecule has 1 aliphatic rings. The number of ketones is 1. The van der Waals surface area contributed by atoms with Crippen molar-refractivity contribution >= 4 is 17.5 Å². The third kappa shape index (κ3) is 3.35. The smallest absolute Gasteiger partial charge is 0.148 e. The summed E-state index contributed by atoms with van der Waals surface area (Å²) in [7, 11) is 0. The van der Waals surface area contributed by atoms with Crippen LogP contribution in [0.5, 0.6) is 0 Å². The van der Waals surface area contributed by atoms with Crippen LogP contribution in [0.2, 0.25) is 0 Å². The Balaban J connectivity index is 1.79. The first kappa shape index (κ1) is 11.7. The molecule has 1 fully saturated rings. The topological polar surface area (TPSA) is 26.3 Å². The molecule has 1 atom stereocenters. The molecule has 86 valence electrons. The van der Waals surface area contributed by atoms with Crippen molar-refractivity contribution < 1.29 is 9.53 Å². The summed E-state index contributed by atoms with van der Waals surface area (Å²) in [5.74, 6) is 1.02. The van der Waals surface area contributed by atoms with E-state index in [1.165, 1.54) is 0 Å². The van der Waals surface area contributed by atoms with Gasteiger partial charge in [-0.2, -0.15) is 0 Å². The lowest BCUT2D eigenvalue weighted by molar-refractivity contribution is -0.124. The van der Waals surface area contributed by atoms with Crippen LogP contribution in [-0.4, -0.2) is 24.7 Å². The molecule has 0 bridgehead atoms. The normalized spacial score (nSPS) is 20.6. The summed E-state index contributed by atoms with van der Waals surface area (Å²) in [6, 6.07) is 10.1. The van der Waals surface area contributed by atoms with Gasteiger partial charge in [-0.25, -0.2) is 0 Å². The number of rotatable bonds is 4. The number of carbonyl (C=O) groups is 1. The first-order valence-electron chi connectivity index (χ1n) is 5.64. The van der Waals surface area contributed by atoms with Gasteiger partial charge in [0.15, 0.2) is 0 Å². The van der Waals surface area contributed by atoms with Gasteiger partial charge < -0.3 is 4.74 Å². The fraction of sp³-hybridized carbons (Fsp3) is 0.462. The zero-order valence-electron chi connectivity index (χ0n) is 9.22. The first-order chi connectivity index (χ1) is 7.86. The van der Waals surface area contributed by atoms with E-state index in [0.717, 1.165) is 24.3 Å². The fourth-order valence-electron chi connectivity index (χ4n) is 1.78. The van der Waals surface area contributed by atoms with Crippen molar-refractivity contribution in [3.8, 4) is 0 Å². The number of thioether (sulfide) groups is 1. The highest BCUT2D eigenvalue weighted by atomic mass is 32.2. The van der Waals surface area contributed by atoms with Crippen molar-refractivity contribution in [3.05, 3.63) is 30.3 Å². The van der Waals surface area contributed by atoms with E-state index in [9.17, 15) is 4.79 Å². The maximum absolute atomic E-state index is 11.9. The number of ether oxygens (including phenoxy) is 1. The molecule has 0 radical (unpaired) electrons. The number of hydrogen-bond acceptors (Lipinski definition) is 3. The van der Waals surface area contributed by atoms with Crippen LogP contribution in [0.25, 0.3) is 0 Å². The molecule has 1 aromatic carbocycles. The van der Waals surface area contributed by atoms with Crippen LogP contribution < -0.4 is 0 Å². The second-order valence-electron chi connectivity index (χ2n) is 3.98. The summed E-state index contributed by atoms with van der Waals surface area (Å²) in [5, 5.41) is 0.